The fourth-order valence-electron chi connectivity index (χ4n) is 4.98. The molecule has 5 rings (SSSR count). The first-order valence-electron chi connectivity index (χ1n) is 13.0. The summed E-state index contributed by atoms with van der Waals surface area (Å²) in [5.41, 5.74) is 1.82. The van der Waals surface area contributed by atoms with Gasteiger partial charge in [-0.25, -0.2) is 0 Å². The quantitative estimate of drug-likeness (QED) is 0.561. The number of nitrogens with one attached hydrogen (secondary N) is 3. The highest BCUT2D eigenvalue weighted by Crippen LogP contribution is 2.27. The molecule has 0 radical (unpaired) electrons. The molecule has 3 N–H and O–H groups in total. The van der Waals surface area contributed by atoms with Gasteiger partial charge in [-0.1, -0.05) is 62.7 Å². The van der Waals surface area contributed by atoms with Crippen LogP contribution >= 0.6 is 0 Å². The lowest BCUT2D eigenvalue weighted by molar-refractivity contribution is -0.143. The second-order valence-corrected chi connectivity index (χ2v) is 9.74. The zero-order valence-electron chi connectivity index (χ0n) is 21.6. The normalized spacial score (nSPS) is 23.3. The van der Waals surface area contributed by atoms with E-state index in [1.165, 1.54) is 0 Å². The molecule has 0 spiro atoms. The fraction of sp³-hybridized carbons (Fsp3) is 0.414. The monoisotopic (exact) mass is 504 g/mol. The Labute approximate surface area is 218 Å². The predicted octanol–water partition coefficient (Wildman–Crippen LogP) is 2.50. The molecule has 5 atom stereocenters. The van der Waals surface area contributed by atoms with E-state index in [0.29, 0.717) is 25.1 Å². The third-order valence-electron chi connectivity index (χ3n) is 7.27. The molecule has 3 heterocycles. The minimum absolute atomic E-state index is 0.0926. The Morgan fingerprint density at radius 3 is 2.51 bits per heavy atom. The lowest BCUT2D eigenvalue weighted by atomic mass is 9.97. The van der Waals surface area contributed by atoms with Crippen molar-refractivity contribution >= 4 is 23.8 Å². The van der Waals surface area contributed by atoms with Crippen molar-refractivity contribution in [1.82, 2.24) is 20.9 Å². The molecule has 0 saturated carbocycles. The van der Waals surface area contributed by atoms with Crippen LogP contribution in [0.5, 0.6) is 5.75 Å². The van der Waals surface area contributed by atoms with Gasteiger partial charge in [-0.05, 0) is 42.3 Å². The van der Waals surface area contributed by atoms with Gasteiger partial charge in [-0.3, -0.25) is 14.4 Å². The van der Waals surface area contributed by atoms with E-state index in [1.807, 2.05) is 68.4 Å². The van der Waals surface area contributed by atoms with Gasteiger partial charge in [0.1, 0.15) is 23.9 Å². The molecule has 2 aromatic carbocycles. The summed E-state index contributed by atoms with van der Waals surface area (Å²) in [4.78, 5) is 42.3. The summed E-state index contributed by atoms with van der Waals surface area (Å²) in [7, 11) is 1.77. The highest BCUT2D eigenvalue weighted by molar-refractivity contribution is 5.94. The van der Waals surface area contributed by atoms with Crippen LogP contribution in [0, 0.1) is 5.92 Å². The lowest BCUT2D eigenvalue weighted by Crippen LogP contribution is -2.59. The molecule has 37 heavy (non-hydrogen) atoms. The van der Waals surface area contributed by atoms with Crippen molar-refractivity contribution in [3.8, 4) is 5.75 Å². The lowest BCUT2D eigenvalue weighted by Gasteiger charge is -2.33. The molecule has 3 aliphatic rings. The van der Waals surface area contributed by atoms with Crippen LogP contribution in [0.2, 0.25) is 0 Å². The molecular formula is C29H36N4O4. The summed E-state index contributed by atoms with van der Waals surface area (Å²) in [5, 5.41) is 8.87. The molecule has 0 aromatic heterocycles. The van der Waals surface area contributed by atoms with Crippen LogP contribution in [-0.4, -0.2) is 60.4 Å². The van der Waals surface area contributed by atoms with Crippen molar-refractivity contribution in [3.63, 3.8) is 0 Å². The van der Waals surface area contributed by atoms with Gasteiger partial charge < -0.3 is 25.6 Å². The molecule has 3 amide bonds. The van der Waals surface area contributed by atoms with E-state index in [9.17, 15) is 14.4 Å². The second-order valence-electron chi connectivity index (χ2n) is 9.74. The number of likely N-dealkylation sites (tertiary alicyclic amines) is 1. The Balaban J connectivity index is 1.68. The Morgan fingerprint density at radius 2 is 1.84 bits per heavy atom. The first-order chi connectivity index (χ1) is 17.9. The first kappa shape index (κ1) is 26.4. The van der Waals surface area contributed by atoms with Crippen molar-refractivity contribution in [2.45, 2.75) is 57.3 Å². The Morgan fingerprint density at radius 1 is 1.11 bits per heavy atom. The minimum Gasteiger partial charge on any atom is -0.488 e. The van der Waals surface area contributed by atoms with Gasteiger partial charge in [0.05, 0.1) is 6.04 Å². The van der Waals surface area contributed by atoms with Crippen molar-refractivity contribution in [3.05, 3.63) is 71.9 Å². The molecular weight excluding hydrogens is 468 g/mol. The maximum atomic E-state index is 13.8. The van der Waals surface area contributed by atoms with Gasteiger partial charge in [0.25, 0.3) is 0 Å². The van der Waals surface area contributed by atoms with E-state index in [2.05, 4.69) is 16.0 Å². The van der Waals surface area contributed by atoms with Crippen LogP contribution in [0.1, 0.15) is 37.8 Å². The summed E-state index contributed by atoms with van der Waals surface area (Å²) in [5.74, 6) is -0.142. The molecule has 1 saturated heterocycles. The molecule has 196 valence electrons. The summed E-state index contributed by atoms with van der Waals surface area (Å²) in [6.07, 6.45) is 4.48. The number of nitrogens with zero attached hydrogens (tertiary/aromatic N) is 1. The van der Waals surface area contributed by atoms with Gasteiger partial charge >= 0.3 is 0 Å². The SMILES string of the molecule is CCC(C)C(NC)C(=O)N1CCC2Oc3ccc(cc3)C=CNC(=O)C(Cc3ccccc3)NC(=O)C21. The third kappa shape index (κ3) is 6.20. The first-order valence-corrected chi connectivity index (χ1v) is 13.0. The van der Waals surface area contributed by atoms with Crippen molar-refractivity contribution in [2.24, 2.45) is 5.92 Å². The molecule has 2 aromatic rings. The standard InChI is InChI=1S/C29H36N4O4/c1-4-19(2)25(30-3)29(36)33-17-15-24-26(33)28(35)32-23(18-21-8-6-5-7-9-21)27(34)31-16-14-20-10-12-22(37-24)13-11-20/h5-14,16,19,23-26,30H,4,15,17-18H2,1-3H3,(H,31,34)(H,32,35). The van der Waals surface area contributed by atoms with E-state index in [0.717, 1.165) is 17.5 Å². The van der Waals surface area contributed by atoms with Gasteiger partial charge in [0.2, 0.25) is 17.7 Å². The van der Waals surface area contributed by atoms with E-state index >= 15 is 0 Å². The van der Waals surface area contributed by atoms with Gasteiger partial charge in [0, 0.05) is 25.6 Å². The van der Waals surface area contributed by atoms with Crippen LogP contribution in [0.25, 0.3) is 6.08 Å². The zero-order valence-corrected chi connectivity index (χ0v) is 21.6. The van der Waals surface area contributed by atoms with Gasteiger partial charge in [0.15, 0.2) is 0 Å². The average molecular weight is 505 g/mol. The van der Waals surface area contributed by atoms with Crippen molar-refractivity contribution < 1.29 is 19.1 Å². The van der Waals surface area contributed by atoms with E-state index in [-0.39, 0.29) is 17.7 Å². The number of carbonyl (C=O) groups is 3. The predicted molar refractivity (Wildman–Crippen MR) is 143 cm³/mol. The topological polar surface area (TPSA) is 99.8 Å². The second kappa shape index (κ2) is 12.1. The summed E-state index contributed by atoms with van der Waals surface area (Å²) in [6.45, 7) is 4.45. The number of carbonyl (C=O) groups excluding carboxylic acids is 3. The molecule has 5 unspecified atom stereocenters. The largest absolute Gasteiger partial charge is 0.488 e. The molecule has 8 nitrogen and oxygen atoms in total. The number of fused-ring (bicyclic) bond motifs is 7. The molecule has 1 fully saturated rings. The maximum Gasteiger partial charge on any atom is 0.247 e. The smallest absolute Gasteiger partial charge is 0.247 e. The highest BCUT2D eigenvalue weighted by Gasteiger charge is 2.46. The minimum atomic E-state index is -0.864. The van der Waals surface area contributed by atoms with E-state index in [1.54, 1.807) is 24.2 Å². The van der Waals surface area contributed by atoms with Crippen LogP contribution in [0.15, 0.2) is 60.8 Å². The summed E-state index contributed by atoms with van der Waals surface area (Å²) in [6, 6.07) is 14.9. The van der Waals surface area contributed by atoms with Crippen LogP contribution in [0.4, 0.5) is 0 Å². The number of hydrogen-bond donors (Lipinski definition) is 3. The molecule has 2 bridgehead atoms. The molecule has 3 aliphatic heterocycles. The Hall–Kier alpha value is -3.65. The van der Waals surface area contributed by atoms with Crippen LogP contribution in [-0.2, 0) is 20.8 Å². The van der Waals surface area contributed by atoms with E-state index in [4.69, 9.17) is 4.74 Å². The van der Waals surface area contributed by atoms with E-state index < -0.39 is 30.1 Å². The number of amides is 3. The van der Waals surface area contributed by atoms with Crippen LogP contribution in [0.3, 0.4) is 0 Å². The average Bonchev–Trinajstić information content (AvgIpc) is 3.33. The Kier molecular flexibility index (Phi) is 8.61. The number of ether oxygens (including phenoxy) is 1. The fourth-order valence-corrected chi connectivity index (χ4v) is 4.98. The van der Waals surface area contributed by atoms with Crippen molar-refractivity contribution in [2.75, 3.05) is 13.6 Å². The zero-order chi connectivity index (χ0) is 26.4. The number of likely N-dealkylation sites (N-methyl/N-ethyl adjacent to an activating group) is 1. The third-order valence-corrected chi connectivity index (χ3v) is 7.27. The molecule has 0 aliphatic carbocycles. The van der Waals surface area contributed by atoms with Gasteiger partial charge in [-0.15, -0.1) is 0 Å². The molecule has 8 heteroatoms. The summed E-state index contributed by atoms with van der Waals surface area (Å²) >= 11 is 0. The Bertz CT molecular complexity index is 1120. The number of benzene rings is 2. The van der Waals surface area contributed by atoms with Gasteiger partial charge in [-0.2, -0.15) is 0 Å². The highest BCUT2D eigenvalue weighted by atomic mass is 16.5. The number of rotatable bonds is 6. The number of hydrogen-bond acceptors (Lipinski definition) is 5. The van der Waals surface area contributed by atoms with Crippen molar-refractivity contribution in [1.29, 1.82) is 0 Å². The van der Waals surface area contributed by atoms with Crippen LogP contribution < -0.4 is 20.7 Å². The summed E-state index contributed by atoms with van der Waals surface area (Å²) < 4.78 is 6.27. The maximum absolute atomic E-state index is 13.8.